The van der Waals surface area contributed by atoms with Crippen molar-refractivity contribution >= 4 is 35.8 Å². The SMILES string of the molecule is COc1cc(/C=C2\OC(C)(C)CN([C@H]3CCOc4ccccc43)C2=O)ccc1-n1cnc(C)c1.[Br-].c1ccc([PH+](c2ccccc2)c2ccccc2)cc1. The van der Waals surface area contributed by atoms with Crippen LogP contribution in [0, 0.1) is 6.92 Å². The van der Waals surface area contributed by atoms with Crippen molar-refractivity contribution in [3.8, 4) is 17.2 Å². The van der Waals surface area contributed by atoms with Crippen molar-refractivity contribution in [2.24, 2.45) is 0 Å². The molecule has 0 radical (unpaired) electrons. The summed E-state index contributed by atoms with van der Waals surface area (Å²) < 4.78 is 19.5. The number of morpholine rings is 1. The first-order valence-corrected chi connectivity index (χ1v) is 19.5. The van der Waals surface area contributed by atoms with Crippen LogP contribution in [0.4, 0.5) is 0 Å². The molecular formula is C45H45BrN3O4P. The number of fused-ring (bicyclic) bond motifs is 1. The third-order valence-electron chi connectivity index (χ3n) is 9.39. The van der Waals surface area contributed by atoms with Crippen LogP contribution in [0.3, 0.4) is 0 Å². The molecule has 1 atom stereocenters. The number of rotatable bonds is 7. The van der Waals surface area contributed by atoms with E-state index in [0.717, 1.165) is 34.7 Å². The lowest BCUT2D eigenvalue weighted by molar-refractivity contribution is -0.150. The molecule has 0 aliphatic carbocycles. The molecule has 9 heteroatoms. The van der Waals surface area contributed by atoms with Crippen molar-refractivity contribution in [1.29, 1.82) is 0 Å². The van der Waals surface area contributed by atoms with Crippen molar-refractivity contribution in [1.82, 2.24) is 14.5 Å². The van der Waals surface area contributed by atoms with E-state index in [1.165, 1.54) is 15.9 Å². The summed E-state index contributed by atoms with van der Waals surface area (Å²) >= 11 is 0. The molecule has 54 heavy (non-hydrogen) atoms. The van der Waals surface area contributed by atoms with E-state index in [2.05, 4.69) is 96.0 Å². The lowest BCUT2D eigenvalue weighted by Gasteiger charge is -2.44. The molecule has 5 aromatic carbocycles. The summed E-state index contributed by atoms with van der Waals surface area (Å²) in [6, 6.07) is 46.2. The van der Waals surface area contributed by atoms with Crippen LogP contribution in [0.25, 0.3) is 11.8 Å². The Kier molecular flexibility index (Phi) is 12.4. The molecule has 1 saturated heterocycles. The molecule has 1 amide bonds. The molecule has 0 unspecified atom stereocenters. The van der Waals surface area contributed by atoms with Gasteiger partial charge in [-0.1, -0.05) is 78.9 Å². The summed E-state index contributed by atoms with van der Waals surface area (Å²) in [6.07, 6.45) is 6.24. The number of carbonyl (C=O) groups excluding carboxylic acids is 1. The Bertz CT molecular complexity index is 2100. The first-order chi connectivity index (χ1) is 25.8. The highest BCUT2D eigenvalue weighted by Gasteiger charge is 2.41. The van der Waals surface area contributed by atoms with Gasteiger partial charge in [0.05, 0.1) is 51.9 Å². The Morgan fingerprint density at radius 3 is 2.00 bits per heavy atom. The molecule has 1 fully saturated rings. The number of benzene rings is 5. The van der Waals surface area contributed by atoms with Gasteiger partial charge >= 0.3 is 0 Å². The number of carbonyl (C=O) groups is 1. The first kappa shape index (κ1) is 38.6. The highest BCUT2D eigenvalue weighted by atomic mass is 79.9. The third-order valence-corrected chi connectivity index (χ3v) is 12.1. The van der Waals surface area contributed by atoms with Gasteiger partial charge in [-0.2, -0.15) is 0 Å². The van der Waals surface area contributed by atoms with E-state index >= 15 is 0 Å². The van der Waals surface area contributed by atoms with Gasteiger partial charge in [-0.25, -0.2) is 4.98 Å². The van der Waals surface area contributed by atoms with E-state index in [1.54, 1.807) is 19.5 Å². The van der Waals surface area contributed by atoms with E-state index in [4.69, 9.17) is 14.2 Å². The van der Waals surface area contributed by atoms with Gasteiger partial charge in [-0.3, -0.25) is 4.79 Å². The number of halogens is 1. The Morgan fingerprint density at radius 1 is 0.833 bits per heavy atom. The molecule has 0 bridgehead atoms. The fourth-order valence-corrected chi connectivity index (χ4v) is 9.58. The van der Waals surface area contributed by atoms with E-state index in [0.29, 0.717) is 24.7 Å². The van der Waals surface area contributed by atoms with Gasteiger partial charge in [0.15, 0.2) is 5.76 Å². The standard InChI is InChI=1S/C27H29N3O4.C18H15P.BrH/c1-18-15-29(17-28-18)22-10-9-19(13-24(22)32-4)14-25-26(31)30(16-27(2,3)34-25)21-11-12-33-23-8-6-5-7-20(21)23;1-4-10-16(11-5-1)19(17-12-6-2-7-13-17)18-14-8-3-9-15-18;/h5-10,13-15,17,21H,11-12,16H2,1-4H3;1-15H;1H/b25-14-;;/t21-;;/m0../s1. The van der Waals surface area contributed by atoms with E-state index in [1.807, 2.05) is 78.9 Å². The van der Waals surface area contributed by atoms with Gasteiger partial charge < -0.3 is 40.7 Å². The van der Waals surface area contributed by atoms with Crippen LogP contribution < -0.4 is 42.4 Å². The number of nitrogens with zero attached hydrogens (tertiary/aromatic N) is 3. The Labute approximate surface area is 329 Å². The predicted octanol–water partition coefficient (Wildman–Crippen LogP) is 4.87. The number of ether oxygens (including phenoxy) is 3. The van der Waals surface area contributed by atoms with Crippen LogP contribution in [0.2, 0.25) is 0 Å². The van der Waals surface area contributed by atoms with Crippen LogP contribution in [0.1, 0.15) is 43.1 Å². The lowest BCUT2D eigenvalue weighted by atomic mass is 9.95. The summed E-state index contributed by atoms with van der Waals surface area (Å²) in [6.45, 7) is 7.05. The second-order valence-electron chi connectivity index (χ2n) is 13.8. The Morgan fingerprint density at radius 2 is 1.43 bits per heavy atom. The average Bonchev–Trinajstić information content (AvgIpc) is 3.63. The van der Waals surface area contributed by atoms with E-state index < -0.39 is 13.5 Å². The summed E-state index contributed by atoms with van der Waals surface area (Å²) in [5.41, 5.74) is 3.14. The second-order valence-corrected chi connectivity index (χ2v) is 16.3. The second kappa shape index (κ2) is 17.3. The fourth-order valence-electron chi connectivity index (χ4n) is 7.00. The molecule has 1 aromatic heterocycles. The molecule has 276 valence electrons. The highest BCUT2D eigenvalue weighted by Crippen LogP contribution is 2.40. The number of para-hydroxylation sites is 1. The maximum absolute atomic E-state index is 13.6. The van der Waals surface area contributed by atoms with Gasteiger partial charge in [0.2, 0.25) is 0 Å². The summed E-state index contributed by atoms with van der Waals surface area (Å²) in [4.78, 5) is 19.8. The largest absolute Gasteiger partial charge is 1.00 e. The summed E-state index contributed by atoms with van der Waals surface area (Å²) in [7, 11) is 0.757. The molecule has 7 nitrogen and oxygen atoms in total. The van der Waals surface area contributed by atoms with Crippen molar-refractivity contribution < 1.29 is 36.0 Å². The van der Waals surface area contributed by atoms with E-state index in [9.17, 15) is 4.79 Å². The smallest absolute Gasteiger partial charge is 0.289 e. The minimum Gasteiger partial charge on any atom is -1.00 e. The minimum atomic E-state index is -0.877. The van der Waals surface area contributed by atoms with Gasteiger partial charge in [0.1, 0.15) is 33.0 Å². The van der Waals surface area contributed by atoms with Gasteiger partial charge in [-0.05, 0) is 87.0 Å². The van der Waals surface area contributed by atoms with Crippen molar-refractivity contribution in [3.63, 3.8) is 0 Å². The number of aromatic nitrogens is 2. The van der Waals surface area contributed by atoms with Crippen LogP contribution in [0.15, 0.2) is 152 Å². The average molecular weight is 803 g/mol. The summed E-state index contributed by atoms with van der Waals surface area (Å²) in [5.74, 6) is 1.74. The van der Waals surface area contributed by atoms with Gasteiger partial charge in [0.25, 0.3) is 5.91 Å². The minimum absolute atomic E-state index is 0. The maximum atomic E-state index is 13.6. The predicted molar refractivity (Wildman–Crippen MR) is 216 cm³/mol. The van der Waals surface area contributed by atoms with Crippen molar-refractivity contribution in [2.45, 2.75) is 38.8 Å². The molecule has 0 saturated carbocycles. The zero-order chi connectivity index (χ0) is 36.8. The number of imidazole rings is 1. The lowest BCUT2D eigenvalue weighted by Crippen LogP contribution is -3.00. The molecule has 6 aromatic rings. The topological polar surface area (TPSA) is 65.8 Å². The molecule has 2 aliphatic rings. The highest BCUT2D eigenvalue weighted by molar-refractivity contribution is 7.79. The molecule has 8 rings (SSSR count). The first-order valence-electron chi connectivity index (χ1n) is 18.0. The molecule has 3 heterocycles. The van der Waals surface area contributed by atoms with Crippen LogP contribution >= 0.6 is 7.92 Å². The maximum Gasteiger partial charge on any atom is 0.289 e. The Balaban J connectivity index is 0.000000211. The summed E-state index contributed by atoms with van der Waals surface area (Å²) in [5, 5.41) is 4.31. The number of amides is 1. The molecular weight excluding hydrogens is 757 g/mol. The number of hydrogen-bond donors (Lipinski definition) is 0. The Hall–Kier alpha value is -5.17. The molecule has 0 spiro atoms. The van der Waals surface area contributed by atoms with Crippen LogP contribution in [0.5, 0.6) is 11.5 Å². The van der Waals surface area contributed by atoms with Crippen LogP contribution in [-0.4, -0.2) is 46.2 Å². The van der Waals surface area contributed by atoms with Crippen molar-refractivity contribution in [3.05, 3.63) is 169 Å². The monoisotopic (exact) mass is 801 g/mol. The van der Waals surface area contributed by atoms with Crippen LogP contribution in [-0.2, 0) is 9.53 Å². The zero-order valence-corrected chi connectivity index (χ0v) is 33.6. The molecule has 2 aliphatic heterocycles. The van der Waals surface area contributed by atoms with Gasteiger partial charge in [0, 0.05) is 18.2 Å². The zero-order valence-electron chi connectivity index (χ0n) is 31.0. The number of aryl methyl sites for hydroxylation is 1. The van der Waals surface area contributed by atoms with Crippen molar-refractivity contribution in [2.75, 3.05) is 20.3 Å². The van der Waals surface area contributed by atoms with E-state index in [-0.39, 0.29) is 28.9 Å². The number of methoxy groups -OCH3 is 1. The molecule has 0 N–H and O–H groups in total. The number of hydrogen-bond acceptors (Lipinski definition) is 5. The fraction of sp³-hybridized carbons (Fsp3) is 0.200. The van der Waals surface area contributed by atoms with Gasteiger partial charge in [-0.15, -0.1) is 0 Å². The quantitative estimate of drug-likeness (QED) is 0.171. The third kappa shape index (κ3) is 8.78. The normalized spacial score (nSPS) is 16.6.